The third-order valence-electron chi connectivity index (χ3n) is 5.08. The van der Waals surface area contributed by atoms with Gasteiger partial charge in [-0.15, -0.1) is 0 Å². The van der Waals surface area contributed by atoms with Crippen LogP contribution >= 0.6 is 0 Å². The number of para-hydroxylation sites is 1. The summed E-state index contributed by atoms with van der Waals surface area (Å²) in [7, 11) is -3.44. The number of benzene rings is 1. The maximum absolute atomic E-state index is 12.9. The average molecular weight is 360 g/mol. The molecular weight excluding hydrogens is 336 g/mol. The maximum atomic E-state index is 12.9. The fourth-order valence-corrected chi connectivity index (χ4v) is 5.18. The third kappa shape index (κ3) is 3.23. The van der Waals surface area contributed by atoms with Crippen LogP contribution in [0.4, 0.5) is 5.69 Å². The van der Waals surface area contributed by atoms with Gasteiger partial charge < -0.3 is 10.2 Å². The van der Waals surface area contributed by atoms with Crippen LogP contribution in [0, 0.1) is 0 Å². The number of nitrogens with zero attached hydrogens (tertiary/aromatic N) is 3. The number of sulfonamides is 1. The van der Waals surface area contributed by atoms with Crippen LogP contribution in [-0.4, -0.2) is 57.0 Å². The van der Waals surface area contributed by atoms with E-state index in [2.05, 4.69) is 21.3 Å². The molecule has 0 unspecified atom stereocenters. The molecule has 0 saturated carbocycles. The van der Waals surface area contributed by atoms with E-state index >= 15 is 0 Å². The van der Waals surface area contributed by atoms with Crippen molar-refractivity contribution < 1.29 is 8.42 Å². The van der Waals surface area contributed by atoms with Gasteiger partial charge in [-0.2, -0.15) is 4.31 Å². The lowest BCUT2D eigenvalue weighted by Crippen LogP contribution is -2.43. The van der Waals surface area contributed by atoms with Crippen LogP contribution in [0.5, 0.6) is 0 Å². The van der Waals surface area contributed by atoms with Crippen molar-refractivity contribution >= 4 is 26.6 Å². The van der Waals surface area contributed by atoms with Gasteiger partial charge in [0, 0.05) is 50.9 Å². The molecule has 7 heteroatoms. The van der Waals surface area contributed by atoms with Crippen molar-refractivity contribution in [1.82, 2.24) is 14.6 Å². The summed E-state index contributed by atoms with van der Waals surface area (Å²) in [5.41, 5.74) is 1.96. The quantitative estimate of drug-likeness (QED) is 0.904. The summed E-state index contributed by atoms with van der Waals surface area (Å²) < 4.78 is 27.4. The SMILES string of the molecule is O=S(=O)(c1cnc2c(N3CCNCC3)cccc2c1)N1CCCCC1. The van der Waals surface area contributed by atoms with Gasteiger partial charge in [-0.05, 0) is 25.0 Å². The van der Waals surface area contributed by atoms with E-state index in [9.17, 15) is 8.42 Å². The van der Waals surface area contributed by atoms with Gasteiger partial charge in [-0.25, -0.2) is 8.42 Å². The predicted molar refractivity (Wildman–Crippen MR) is 99.4 cm³/mol. The van der Waals surface area contributed by atoms with Crippen molar-refractivity contribution in [2.45, 2.75) is 24.2 Å². The van der Waals surface area contributed by atoms with Crippen molar-refractivity contribution in [2.75, 3.05) is 44.2 Å². The molecule has 1 N–H and O–H groups in total. The van der Waals surface area contributed by atoms with Crippen LogP contribution in [0.3, 0.4) is 0 Å². The van der Waals surface area contributed by atoms with Gasteiger partial charge in [-0.1, -0.05) is 18.6 Å². The second-order valence-electron chi connectivity index (χ2n) is 6.72. The minimum Gasteiger partial charge on any atom is -0.367 e. The van der Waals surface area contributed by atoms with E-state index in [0.29, 0.717) is 18.0 Å². The fraction of sp³-hybridized carbons (Fsp3) is 0.500. The number of piperazine rings is 1. The topological polar surface area (TPSA) is 65.5 Å². The number of nitrogens with one attached hydrogen (secondary N) is 1. The van der Waals surface area contributed by atoms with Crippen molar-refractivity contribution in [2.24, 2.45) is 0 Å². The van der Waals surface area contributed by atoms with Crippen LogP contribution in [0.25, 0.3) is 10.9 Å². The summed E-state index contributed by atoms with van der Waals surface area (Å²) in [6.45, 7) is 5.02. The molecule has 3 heterocycles. The maximum Gasteiger partial charge on any atom is 0.244 e. The first kappa shape index (κ1) is 16.8. The van der Waals surface area contributed by atoms with E-state index in [1.165, 1.54) is 6.20 Å². The van der Waals surface area contributed by atoms with E-state index in [4.69, 9.17) is 0 Å². The standard InChI is InChI=1S/C18H24N4O2S/c23-25(24,22-9-2-1-3-10-22)16-13-15-5-4-6-17(18(15)20-14-16)21-11-7-19-8-12-21/h4-6,13-14,19H,1-3,7-12H2. The van der Waals surface area contributed by atoms with E-state index in [0.717, 1.165) is 62.0 Å². The summed E-state index contributed by atoms with van der Waals surface area (Å²) in [6.07, 6.45) is 4.51. The predicted octanol–water partition coefficient (Wildman–Crippen LogP) is 1.82. The van der Waals surface area contributed by atoms with E-state index in [1.807, 2.05) is 12.1 Å². The molecule has 1 aromatic heterocycles. The summed E-state index contributed by atoms with van der Waals surface area (Å²) in [6, 6.07) is 7.78. The van der Waals surface area contributed by atoms with Gasteiger partial charge in [0.1, 0.15) is 4.90 Å². The largest absolute Gasteiger partial charge is 0.367 e. The highest BCUT2D eigenvalue weighted by atomic mass is 32.2. The van der Waals surface area contributed by atoms with Crippen LogP contribution < -0.4 is 10.2 Å². The lowest BCUT2D eigenvalue weighted by atomic mass is 10.1. The minimum atomic E-state index is -3.44. The van der Waals surface area contributed by atoms with Gasteiger partial charge in [0.05, 0.1) is 11.2 Å². The molecule has 4 rings (SSSR count). The first-order valence-electron chi connectivity index (χ1n) is 9.01. The molecule has 2 aliphatic heterocycles. The van der Waals surface area contributed by atoms with E-state index < -0.39 is 10.0 Å². The average Bonchev–Trinajstić information content (AvgIpc) is 2.68. The Balaban J connectivity index is 1.71. The molecule has 0 amide bonds. The molecule has 2 saturated heterocycles. The van der Waals surface area contributed by atoms with E-state index in [-0.39, 0.29) is 0 Å². The first-order chi connectivity index (χ1) is 12.2. The van der Waals surface area contributed by atoms with E-state index in [1.54, 1.807) is 10.4 Å². The summed E-state index contributed by atoms with van der Waals surface area (Å²) in [5.74, 6) is 0. The molecule has 0 bridgehead atoms. The molecule has 0 spiro atoms. The number of pyridine rings is 1. The Kier molecular flexibility index (Phi) is 4.62. The van der Waals surface area contributed by atoms with Crippen molar-refractivity contribution in [3.8, 4) is 0 Å². The minimum absolute atomic E-state index is 0.305. The number of aromatic nitrogens is 1. The molecule has 0 aliphatic carbocycles. The Labute approximate surface area is 148 Å². The molecule has 0 radical (unpaired) electrons. The zero-order valence-corrected chi connectivity index (χ0v) is 15.1. The number of anilines is 1. The number of rotatable bonds is 3. The van der Waals surface area contributed by atoms with Crippen molar-refractivity contribution in [3.05, 3.63) is 30.5 Å². The van der Waals surface area contributed by atoms with Crippen LogP contribution in [-0.2, 0) is 10.0 Å². The zero-order valence-electron chi connectivity index (χ0n) is 14.3. The number of piperidine rings is 1. The second kappa shape index (κ2) is 6.90. The van der Waals surface area contributed by atoms with Gasteiger partial charge >= 0.3 is 0 Å². The summed E-state index contributed by atoms with van der Waals surface area (Å²) in [5, 5.41) is 4.23. The molecule has 25 heavy (non-hydrogen) atoms. The zero-order chi connectivity index (χ0) is 17.3. The van der Waals surface area contributed by atoms with Crippen LogP contribution in [0.1, 0.15) is 19.3 Å². The Morgan fingerprint density at radius 3 is 2.52 bits per heavy atom. The lowest BCUT2D eigenvalue weighted by molar-refractivity contribution is 0.346. The monoisotopic (exact) mass is 360 g/mol. The number of hydrogen-bond donors (Lipinski definition) is 1. The highest BCUT2D eigenvalue weighted by molar-refractivity contribution is 7.89. The Morgan fingerprint density at radius 1 is 1.00 bits per heavy atom. The van der Waals surface area contributed by atoms with Crippen LogP contribution in [0.2, 0.25) is 0 Å². The normalized spacial score (nSPS) is 20.1. The fourth-order valence-electron chi connectivity index (χ4n) is 3.68. The van der Waals surface area contributed by atoms with Gasteiger partial charge in [0.15, 0.2) is 0 Å². The second-order valence-corrected chi connectivity index (χ2v) is 8.66. The number of fused-ring (bicyclic) bond motifs is 1. The van der Waals surface area contributed by atoms with Crippen molar-refractivity contribution in [1.29, 1.82) is 0 Å². The molecule has 134 valence electrons. The lowest BCUT2D eigenvalue weighted by Gasteiger charge is -2.30. The van der Waals surface area contributed by atoms with Gasteiger partial charge in [0.25, 0.3) is 0 Å². The van der Waals surface area contributed by atoms with Crippen LogP contribution in [0.15, 0.2) is 35.4 Å². The first-order valence-corrected chi connectivity index (χ1v) is 10.4. The molecule has 2 aromatic rings. The molecule has 2 fully saturated rings. The van der Waals surface area contributed by atoms with Gasteiger partial charge in [0.2, 0.25) is 10.0 Å². The highest BCUT2D eigenvalue weighted by Gasteiger charge is 2.26. The summed E-state index contributed by atoms with van der Waals surface area (Å²) in [4.78, 5) is 7.16. The Morgan fingerprint density at radius 2 is 1.76 bits per heavy atom. The molecule has 2 aliphatic rings. The third-order valence-corrected chi connectivity index (χ3v) is 6.94. The smallest absolute Gasteiger partial charge is 0.244 e. The van der Waals surface area contributed by atoms with Gasteiger partial charge in [-0.3, -0.25) is 4.98 Å². The Hall–Kier alpha value is -1.70. The van der Waals surface area contributed by atoms with Crippen molar-refractivity contribution in [3.63, 3.8) is 0 Å². The molecule has 0 atom stereocenters. The highest BCUT2D eigenvalue weighted by Crippen LogP contribution is 2.28. The number of hydrogen-bond acceptors (Lipinski definition) is 5. The molecule has 1 aromatic carbocycles. The molecule has 6 nitrogen and oxygen atoms in total. The molecular formula is C18H24N4O2S. The summed E-state index contributed by atoms with van der Waals surface area (Å²) >= 11 is 0. The Bertz CT molecular complexity index is 857.